The first kappa shape index (κ1) is 15.1. The molecule has 0 saturated heterocycles. The van der Waals surface area contributed by atoms with Crippen molar-refractivity contribution in [3.05, 3.63) is 59.4 Å². The Labute approximate surface area is 144 Å². The van der Waals surface area contributed by atoms with Crippen molar-refractivity contribution in [2.75, 3.05) is 6.79 Å². The minimum absolute atomic E-state index is 0.182. The first-order chi connectivity index (χ1) is 11.8. The van der Waals surface area contributed by atoms with Crippen LogP contribution in [0.1, 0.15) is 24.4 Å². The highest BCUT2D eigenvalue weighted by Gasteiger charge is 2.15. The summed E-state index contributed by atoms with van der Waals surface area (Å²) in [5, 5.41) is 6.52. The molecule has 0 bridgehead atoms. The maximum Gasteiger partial charge on any atom is 0.231 e. The Balaban J connectivity index is 1.43. The number of hydrogen-bond donors (Lipinski definition) is 1. The zero-order valence-corrected chi connectivity index (χ0v) is 14.0. The summed E-state index contributed by atoms with van der Waals surface area (Å²) >= 11 is 1.63. The lowest BCUT2D eigenvalue weighted by molar-refractivity contribution is 0.174. The third-order valence-corrected chi connectivity index (χ3v) is 4.83. The lowest BCUT2D eigenvalue weighted by Gasteiger charge is -2.11. The normalized spacial score (nSPS) is 13.9. The zero-order chi connectivity index (χ0) is 16.4. The molecule has 0 aliphatic carbocycles. The SMILES string of the molecule is CC(NCc1csc(-c2ccc3c(c2)OCO3)n1)c1ccccn1. The molecule has 1 aromatic carbocycles. The largest absolute Gasteiger partial charge is 0.454 e. The van der Waals surface area contributed by atoms with Crippen LogP contribution in [0.2, 0.25) is 0 Å². The maximum absolute atomic E-state index is 5.43. The van der Waals surface area contributed by atoms with E-state index in [2.05, 4.69) is 22.6 Å². The Morgan fingerprint density at radius 3 is 3.00 bits per heavy atom. The molecule has 24 heavy (non-hydrogen) atoms. The van der Waals surface area contributed by atoms with E-state index in [1.807, 2.05) is 42.6 Å². The maximum atomic E-state index is 5.43. The van der Waals surface area contributed by atoms with Gasteiger partial charge in [-0.25, -0.2) is 4.98 Å². The second kappa shape index (κ2) is 6.59. The van der Waals surface area contributed by atoms with Crippen LogP contribution in [0.3, 0.4) is 0 Å². The van der Waals surface area contributed by atoms with Crippen LogP contribution in [0.15, 0.2) is 48.0 Å². The summed E-state index contributed by atoms with van der Waals surface area (Å²) in [6, 6.07) is 12.1. The van der Waals surface area contributed by atoms with Gasteiger partial charge >= 0.3 is 0 Å². The van der Waals surface area contributed by atoms with Crippen LogP contribution in [0.5, 0.6) is 11.5 Å². The molecule has 3 aromatic rings. The molecule has 5 nitrogen and oxygen atoms in total. The Hall–Kier alpha value is -2.44. The first-order valence-corrected chi connectivity index (χ1v) is 8.66. The molecule has 0 spiro atoms. The number of pyridine rings is 1. The van der Waals surface area contributed by atoms with E-state index in [4.69, 9.17) is 14.5 Å². The number of aromatic nitrogens is 2. The van der Waals surface area contributed by atoms with Gasteiger partial charge in [-0.05, 0) is 37.3 Å². The lowest BCUT2D eigenvalue weighted by Crippen LogP contribution is -2.19. The summed E-state index contributed by atoms with van der Waals surface area (Å²) in [6.45, 7) is 3.10. The lowest BCUT2D eigenvalue weighted by atomic mass is 10.2. The number of rotatable bonds is 5. The van der Waals surface area contributed by atoms with Crippen LogP contribution in [0.25, 0.3) is 10.6 Å². The molecular weight excluding hydrogens is 322 g/mol. The number of ether oxygens (including phenoxy) is 2. The van der Waals surface area contributed by atoms with E-state index in [1.165, 1.54) is 0 Å². The Morgan fingerprint density at radius 1 is 1.21 bits per heavy atom. The monoisotopic (exact) mass is 339 g/mol. The van der Waals surface area contributed by atoms with Crippen LogP contribution in [0.4, 0.5) is 0 Å². The summed E-state index contributed by atoms with van der Waals surface area (Å²) < 4.78 is 10.8. The Kier molecular flexibility index (Phi) is 4.15. The second-order valence-electron chi connectivity index (χ2n) is 5.57. The quantitative estimate of drug-likeness (QED) is 0.766. The van der Waals surface area contributed by atoms with Gasteiger partial charge in [0.25, 0.3) is 0 Å². The number of nitrogens with one attached hydrogen (secondary N) is 1. The molecule has 122 valence electrons. The van der Waals surface area contributed by atoms with Crippen molar-refractivity contribution in [3.8, 4) is 22.1 Å². The Bertz CT molecular complexity index is 835. The van der Waals surface area contributed by atoms with Crippen molar-refractivity contribution >= 4 is 11.3 Å². The van der Waals surface area contributed by atoms with Crippen molar-refractivity contribution in [2.24, 2.45) is 0 Å². The van der Waals surface area contributed by atoms with Gasteiger partial charge in [-0.2, -0.15) is 0 Å². The summed E-state index contributed by atoms with van der Waals surface area (Å²) in [5.74, 6) is 1.58. The Morgan fingerprint density at radius 2 is 2.12 bits per heavy atom. The van der Waals surface area contributed by atoms with E-state index < -0.39 is 0 Å². The van der Waals surface area contributed by atoms with Gasteiger partial charge in [0.05, 0.1) is 11.4 Å². The highest BCUT2D eigenvalue weighted by molar-refractivity contribution is 7.13. The van der Waals surface area contributed by atoms with Crippen LogP contribution in [-0.2, 0) is 6.54 Å². The molecule has 6 heteroatoms. The van der Waals surface area contributed by atoms with Crippen LogP contribution in [0, 0.1) is 0 Å². The third-order valence-electron chi connectivity index (χ3n) is 3.89. The molecule has 2 aromatic heterocycles. The van der Waals surface area contributed by atoms with E-state index >= 15 is 0 Å². The van der Waals surface area contributed by atoms with Crippen LogP contribution < -0.4 is 14.8 Å². The van der Waals surface area contributed by atoms with Crippen molar-refractivity contribution in [2.45, 2.75) is 19.5 Å². The molecule has 1 N–H and O–H groups in total. The average molecular weight is 339 g/mol. The number of hydrogen-bond acceptors (Lipinski definition) is 6. The number of thiazole rings is 1. The highest BCUT2D eigenvalue weighted by atomic mass is 32.1. The van der Waals surface area contributed by atoms with Gasteiger partial charge in [0.2, 0.25) is 6.79 Å². The molecule has 0 amide bonds. The predicted molar refractivity (Wildman–Crippen MR) is 93.2 cm³/mol. The van der Waals surface area contributed by atoms with Crippen LogP contribution in [-0.4, -0.2) is 16.8 Å². The van der Waals surface area contributed by atoms with Crippen molar-refractivity contribution in [3.63, 3.8) is 0 Å². The summed E-state index contributed by atoms with van der Waals surface area (Å²) in [4.78, 5) is 9.08. The van der Waals surface area contributed by atoms with Crippen molar-refractivity contribution in [1.82, 2.24) is 15.3 Å². The number of nitrogens with zero attached hydrogens (tertiary/aromatic N) is 2. The van der Waals surface area contributed by atoms with E-state index in [0.717, 1.165) is 33.5 Å². The van der Waals surface area contributed by atoms with Gasteiger partial charge in [0.1, 0.15) is 5.01 Å². The molecule has 4 rings (SSSR count). The average Bonchev–Trinajstić information content (AvgIpc) is 3.29. The molecule has 0 saturated carbocycles. The van der Waals surface area contributed by atoms with E-state index in [0.29, 0.717) is 6.54 Å². The van der Waals surface area contributed by atoms with Gasteiger partial charge in [-0.15, -0.1) is 11.3 Å². The molecular formula is C18H17N3O2S. The minimum atomic E-state index is 0.182. The van der Waals surface area contributed by atoms with Gasteiger partial charge < -0.3 is 14.8 Å². The minimum Gasteiger partial charge on any atom is -0.454 e. The van der Waals surface area contributed by atoms with Gasteiger partial charge in [-0.1, -0.05) is 6.07 Å². The topological polar surface area (TPSA) is 56.3 Å². The molecule has 1 aliphatic heterocycles. The molecule has 1 atom stereocenters. The van der Waals surface area contributed by atoms with E-state index in [-0.39, 0.29) is 12.8 Å². The summed E-state index contributed by atoms with van der Waals surface area (Å²) in [5.41, 5.74) is 3.10. The second-order valence-corrected chi connectivity index (χ2v) is 6.43. The fourth-order valence-corrected chi connectivity index (χ4v) is 3.36. The van der Waals surface area contributed by atoms with E-state index in [9.17, 15) is 0 Å². The molecule has 3 heterocycles. The molecule has 1 aliphatic rings. The smallest absolute Gasteiger partial charge is 0.231 e. The number of fused-ring (bicyclic) bond motifs is 1. The fraction of sp³-hybridized carbons (Fsp3) is 0.222. The molecule has 1 unspecified atom stereocenters. The molecule has 0 radical (unpaired) electrons. The van der Waals surface area contributed by atoms with Gasteiger partial charge in [0.15, 0.2) is 11.5 Å². The zero-order valence-electron chi connectivity index (χ0n) is 13.2. The third kappa shape index (κ3) is 3.11. The van der Waals surface area contributed by atoms with Gasteiger partial charge in [-0.3, -0.25) is 4.98 Å². The van der Waals surface area contributed by atoms with Crippen molar-refractivity contribution in [1.29, 1.82) is 0 Å². The fourth-order valence-electron chi connectivity index (χ4n) is 2.54. The standard InChI is InChI=1S/C18H17N3O2S/c1-12(15-4-2-3-7-19-15)20-9-14-10-24-18(21-14)13-5-6-16-17(8-13)23-11-22-16/h2-8,10,12,20H,9,11H2,1H3. The first-order valence-electron chi connectivity index (χ1n) is 7.78. The summed E-state index contributed by atoms with van der Waals surface area (Å²) in [6.07, 6.45) is 1.81. The van der Waals surface area contributed by atoms with Crippen molar-refractivity contribution < 1.29 is 9.47 Å². The van der Waals surface area contributed by atoms with Crippen LogP contribution >= 0.6 is 11.3 Å². The predicted octanol–water partition coefficient (Wildman–Crippen LogP) is 3.78. The highest BCUT2D eigenvalue weighted by Crippen LogP contribution is 2.36. The summed E-state index contributed by atoms with van der Waals surface area (Å²) in [7, 11) is 0. The molecule has 0 fully saturated rings. The van der Waals surface area contributed by atoms with Gasteiger partial charge in [0, 0.05) is 29.7 Å². The number of benzene rings is 1. The van der Waals surface area contributed by atoms with E-state index in [1.54, 1.807) is 11.3 Å².